The molecule has 0 saturated heterocycles. The third-order valence-electron chi connectivity index (χ3n) is 4.01. The standard InChI is InChI=1S/C19H16N4O4/c1-12-14(10-20)18(24)23(11-13-6-5-9-27-13)19(25)17(12)22-21-15-7-3-4-8-16(15)26-2/h3-9,24H,11H2,1-2H3. The molecule has 0 spiro atoms. The predicted molar refractivity (Wildman–Crippen MR) is 96.8 cm³/mol. The third kappa shape index (κ3) is 3.43. The van der Waals surface area contributed by atoms with E-state index in [0.29, 0.717) is 17.2 Å². The zero-order valence-corrected chi connectivity index (χ0v) is 14.7. The number of nitriles is 1. The number of pyridine rings is 1. The fraction of sp³-hybridized carbons (Fsp3) is 0.158. The van der Waals surface area contributed by atoms with Crippen LogP contribution in [0.25, 0.3) is 0 Å². The van der Waals surface area contributed by atoms with Gasteiger partial charge < -0.3 is 14.3 Å². The van der Waals surface area contributed by atoms with E-state index in [9.17, 15) is 15.2 Å². The van der Waals surface area contributed by atoms with E-state index in [0.717, 1.165) is 4.57 Å². The fourth-order valence-corrected chi connectivity index (χ4v) is 2.58. The van der Waals surface area contributed by atoms with Crippen LogP contribution in [0.5, 0.6) is 11.6 Å². The van der Waals surface area contributed by atoms with Crippen molar-refractivity contribution >= 4 is 11.4 Å². The Labute approximate surface area is 154 Å². The van der Waals surface area contributed by atoms with Crippen LogP contribution in [0.2, 0.25) is 0 Å². The second-order valence-electron chi connectivity index (χ2n) is 5.63. The normalized spacial score (nSPS) is 10.9. The molecule has 0 fully saturated rings. The Bertz CT molecular complexity index is 1090. The van der Waals surface area contributed by atoms with Gasteiger partial charge in [0.1, 0.15) is 28.8 Å². The molecule has 0 saturated carbocycles. The van der Waals surface area contributed by atoms with Gasteiger partial charge in [0.2, 0.25) is 5.88 Å². The van der Waals surface area contributed by atoms with Gasteiger partial charge in [0.25, 0.3) is 5.56 Å². The van der Waals surface area contributed by atoms with Crippen LogP contribution in [0.4, 0.5) is 11.4 Å². The van der Waals surface area contributed by atoms with Gasteiger partial charge in [0.15, 0.2) is 5.69 Å². The summed E-state index contributed by atoms with van der Waals surface area (Å²) < 4.78 is 11.5. The summed E-state index contributed by atoms with van der Waals surface area (Å²) in [5.41, 5.74) is 0.00769. The van der Waals surface area contributed by atoms with Crippen molar-refractivity contribution in [3.05, 3.63) is 69.9 Å². The lowest BCUT2D eigenvalue weighted by Gasteiger charge is -2.12. The van der Waals surface area contributed by atoms with E-state index in [2.05, 4.69) is 10.2 Å². The molecule has 3 rings (SSSR count). The average molecular weight is 364 g/mol. The van der Waals surface area contributed by atoms with Crippen molar-refractivity contribution in [3.8, 4) is 17.7 Å². The van der Waals surface area contributed by atoms with Gasteiger partial charge in [0, 0.05) is 5.56 Å². The van der Waals surface area contributed by atoms with Gasteiger partial charge >= 0.3 is 0 Å². The summed E-state index contributed by atoms with van der Waals surface area (Å²) in [4.78, 5) is 12.8. The zero-order chi connectivity index (χ0) is 19.4. The van der Waals surface area contributed by atoms with Crippen molar-refractivity contribution < 1.29 is 14.3 Å². The SMILES string of the molecule is COc1ccccc1N=Nc1c(C)c(C#N)c(O)n(Cc2ccco2)c1=O. The maximum absolute atomic E-state index is 12.8. The number of benzene rings is 1. The quantitative estimate of drug-likeness (QED) is 0.692. The molecule has 27 heavy (non-hydrogen) atoms. The minimum absolute atomic E-state index is 0.0379. The second-order valence-corrected chi connectivity index (χ2v) is 5.63. The molecular formula is C19H16N4O4. The molecule has 0 radical (unpaired) electrons. The molecule has 136 valence electrons. The number of nitrogens with zero attached hydrogens (tertiary/aromatic N) is 4. The number of furan rings is 1. The van der Waals surface area contributed by atoms with Gasteiger partial charge in [-0.25, -0.2) is 0 Å². The van der Waals surface area contributed by atoms with Gasteiger partial charge in [-0.05, 0) is 31.2 Å². The van der Waals surface area contributed by atoms with Crippen LogP contribution in [-0.2, 0) is 6.54 Å². The molecule has 8 nitrogen and oxygen atoms in total. The van der Waals surface area contributed by atoms with Gasteiger partial charge in [-0.15, -0.1) is 10.2 Å². The number of hydrogen-bond donors (Lipinski definition) is 1. The van der Waals surface area contributed by atoms with E-state index >= 15 is 0 Å². The number of methoxy groups -OCH3 is 1. The fourth-order valence-electron chi connectivity index (χ4n) is 2.58. The van der Waals surface area contributed by atoms with Gasteiger partial charge in [-0.2, -0.15) is 5.26 Å². The maximum Gasteiger partial charge on any atom is 0.281 e. The smallest absolute Gasteiger partial charge is 0.281 e. The van der Waals surface area contributed by atoms with E-state index in [1.165, 1.54) is 20.3 Å². The molecule has 3 aromatic rings. The molecule has 0 amide bonds. The number of ether oxygens (including phenoxy) is 1. The first-order valence-corrected chi connectivity index (χ1v) is 8.00. The highest BCUT2D eigenvalue weighted by atomic mass is 16.5. The minimum atomic E-state index is -0.584. The van der Waals surface area contributed by atoms with Crippen molar-refractivity contribution in [2.75, 3.05) is 7.11 Å². The van der Waals surface area contributed by atoms with Crippen LogP contribution in [-0.4, -0.2) is 16.8 Å². The minimum Gasteiger partial charge on any atom is -0.494 e. The molecular weight excluding hydrogens is 348 g/mol. The lowest BCUT2D eigenvalue weighted by atomic mass is 10.1. The van der Waals surface area contributed by atoms with Gasteiger partial charge in [-0.1, -0.05) is 12.1 Å². The number of aromatic hydroxyl groups is 1. The van der Waals surface area contributed by atoms with E-state index in [4.69, 9.17) is 9.15 Å². The maximum atomic E-state index is 12.8. The van der Waals surface area contributed by atoms with Crippen molar-refractivity contribution in [2.24, 2.45) is 10.2 Å². The summed E-state index contributed by atoms with van der Waals surface area (Å²) in [6.07, 6.45) is 1.46. The first-order valence-electron chi connectivity index (χ1n) is 8.00. The first-order chi connectivity index (χ1) is 13.1. The Kier molecular flexibility index (Phi) is 5.04. The van der Waals surface area contributed by atoms with Crippen molar-refractivity contribution in [1.82, 2.24) is 4.57 Å². The zero-order valence-electron chi connectivity index (χ0n) is 14.7. The highest BCUT2D eigenvalue weighted by Crippen LogP contribution is 2.30. The molecule has 0 atom stereocenters. The Morgan fingerprint density at radius 3 is 2.70 bits per heavy atom. The van der Waals surface area contributed by atoms with E-state index in [1.807, 2.05) is 6.07 Å². The van der Waals surface area contributed by atoms with Crippen LogP contribution in [0.1, 0.15) is 16.9 Å². The number of azo groups is 1. The largest absolute Gasteiger partial charge is 0.494 e. The molecule has 1 N–H and O–H groups in total. The van der Waals surface area contributed by atoms with Crippen LogP contribution >= 0.6 is 0 Å². The van der Waals surface area contributed by atoms with Crippen LogP contribution in [0, 0.1) is 18.3 Å². The lowest BCUT2D eigenvalue weighted by molar-refractivity contribution is 0.397. The second kappa shape index (κ2) is 7.58. The monoisotopic (exact) mass is 364 g/mol. The summed E-state index contributed by atoms with van der Waals surface area (Å²) in [5, 5.41) is 27.9. The number of hydrogen-bond acceptors (Lipinski definition) is 7. The Balaban J connectivity index is 2.13. The molecule has 0 aliphatic carbocycles. The van der Waals surface area contributed by atoms with Crippen LogP contribution < -0.4 is 10.3 Å². The van der Waals surface area contributed by atoms with Crippen LogP contribution in [0.3, 0.4) is 0 Å². The Morgan fingerprint density at radius 1 is 1.26 bits per heavy atom. The van der Waals surface area contributed by atoms with E-state index < -0.39 is 11.4 Å². The van der Waals surface area contributed by atoms with Crippen molar-refractivity contribution in [3.63, 3.8) is 0 Å². The third-order valence-corrected chi connectivity index (χ3v) is 4.01. The number of aromatic nitrogens is 1. The number of para-hydroxylation sites is 1. The molecule has 0 aliphatic rings. The van der Waals surface area contributed by atoms with Gasteiger partial charge in [0.05, 0.1) is 19.9 Å². The molecule has 0 aliphatic heterocycles. The van der Waals surface area contributed by atoms with E-state index in [-0.39, 0.29) is 23.4 Å². The summed E-state index contributed by atoms with van der Waals surface area (Å²) in [6.45, 7) is 1.50. The summed E-state index contributed by atoms with van der Waals surface area (Å²) in [5.74, 6) is 0.509. The summed E-state index contributed by atoms with van der Waals surface area (Å²) >= 11 is 0. The molecule has 8 heteroatoms. The predicted octanol–water partition coefficient (Wildman–Crippen LogP) is 3.80. The van der Waals surface area contributed by atoms with Crippen molar-refractivity contribution in [2.45, 2.75) is 13.5 Å². The Morgan fingerprint density at radius 2 is 2.04 bits per heavy atom. The Hall–Kier alpha value is -3.86. The van der Waals surface area contributed by atoms with Crippen molar-refractivity contribution in [1.29, 1.82) is 5.26 Å². The average Bonchev–Trinajstić information content (AvgIpc) is 3.19. The number of rotatable bonds is 5. The van der Waals surface area contributed by atoms with Gasteiger partial charge in [-0.3, -0.25) is 9.36 Å². The molecule has 0 bridgehead atoms. The topological polar surface area (TPSA) is 113 Å². The molecule has 0 unspecified atom stereocenters. The summed E-state index contributed by atoms with van der Waals surface area (Å²) in [7, 11) is 1.50. The highest BCUT2D eigenvalue weighted by molar-refractivity contribution is 5.57. The highest BCUT2D eigenvalue weighted by Gasteiger charge is 2.20. The lowest BCUT2D eigenvalue weighted by Crippen LogP contribution is -2.22. The molecule has 1 aromatic carbocycles. The van der Waals surface area contributed by atoms with Crippen LogP contribution in [0.15, 0.2) is 62.1 Å². The summed E-state index contributed by atoms with van der Waals surface area (Å²) in [6, 6.07) is 12.2. The first kappa shape index (κ1) is 17.9. The molecule has 2 aromatic heterocycles. The van der Waals surface area contributed by atoms with E-state index in [1.54, 1.807) is 36.4 Å². The molecule has 2 heterocycles.